The van der Waals surface area contributed by atoms with Crippen LogP contribution in [0.5, 0.6) is 28.7 Å². The van der Waals surface area contributed by atoms with E-state index in [0.717, 1.165) is 96.1 Å². The van der Waals surface area contributed by atoms with Crippen LogP contribution in [0.25, 0.3) is 56.3 Å². The fraction of sp³-hybridized carbons (Fsp3) is 0.126. The Balaban J connectivity index is 0.000000158. The SMILES string of the molecule is CCOc1ccc(F)c(-c2ccc(Nc3ccccc3C(=O)O)cn2)c1.CCOc1cccc(-c2cc(C)c(Nc3ccc(C)cc3C(=O)O)cn2)c1.CCOc1cccc(-c2cc(C)c(Nc3ccccc3C(=O)O)cn2)c1.CCOc1cccc(-c2ccc(Nc3ccc(Br)cc3C(=O)O)cn2)c1.CCOc1cccc(-c2ccc(Nc3ccc(Cl)cc3C(=O)O)cn2)c1. The van der Waals surface area contributed by atoms with Gasteiger partial charge in [0.05, 0.1) is 177 Å². The Morgan fingerprint density at radius 1 is 0.313 bits per heavy atom. The normalized spacial score (nSPS) is 10.4. The van der Waals surface area contributed by atoms with Crippen LogP contribution in [0.15, 0.2) is 302 Å². The summed E-state index contributed by atoms with van der Waals surface area (Å²) in [6, 6.07) is 78.8. The third kappa shape index (κ3) is 27.3. The van der Waals surface area contributed by atoms with Crippen molar-refractivity contribution in [1.29, 1.82) is 0 Å². The van der Waals surface area contributed by atoms with Crippen LogP contribution < -0.4 is 50.3 Å². The molecule has 0 amide bonds. The van der Waals surface area contributed by atoms with Crippen molar-refractivity contribution in [2.45, 2.75) is 55.4 Å². The maximum absolute atomic E-state index is 14.1. The number of carbonyl (C=O) groups is 5. The van der Waals surface area contributed by atoms with Gasteiger partial charge in [0.15, 0.2) is 0 Å². The van der Waals surface area contributed by atoms with Crippen LogP contribution in [0.3, 0.4) is 0 Å². The molecule has 0 atom stereocenters. The number of hydrogen-bond acceptors (Lipinski definition) is 20. The first kappa shape index (κ1) is 95.7. The molecule has 0 aliphatic carbocycles. The lowest BCUT2D eigenvalue weighted by Gasteiger charge is -2.13. The molecule has 0 radical (unpaired) electrons. The second-order valence-electron chi connectivity index (χ2n) is 28.7. The highest BCUT2D eigenvalue weighted by atomic mass is 79.9. The van der Waals surface area contributed by atoms with Crippen LogP contribution in [0, 0.1) is 26.6 Å². The summed E-state index contributed by atoms with van der Waals surface area (Å²) in [7, 11) is 0. The molecule has 25 nitrogen and oxygen atoms in total. The molecule has 15 rings (SSSR count). The van der Waals surface area contributed by atoms with Gasteiger partial charge in [0.25, 0.3) is 0 Å². The monoisotopic (exact) mass is 1840 g/mol. The van der Waals surface area contributed by atoms with Gasteiger partial charge in [-0.05, 0) is 255 Å². The second-order valence-corrected chi connectivity index (χ2v) is 30.0. The van der Waals surface area contributed by atoms with Crippen molar-refractivity contribution in [3.8, 4) is 85.0 Å². The number of nitrogens with zero attached hydrogens (tertiary/aromatic N) is 5. The van der Waals surface area contributed by atoms with Gasteiger partial charge in [0.2, 0.25) is 0 Å². The Hall–Kier alpha value is -16.0. The van der Waals surface area contributed by atoms with E-state index in [1.165, 1.54) is 24.4 Å². The van der Waals surface area contributed by atoms with Crippen molar-refractivity contribution >= 4 is 114 Å². The Morgan fingerprint density at radius 3 is 1.04 bits per heavy atom. The minimum absolute atomic E-state index is 0.103. The molecule has 666 valence electrons. The summed E-state index contributed by atoms with van der Waals surface area (Å²) in [4.78, 5) is 79.1. The van der Waals surface area contributed by atoms with Crippen molar-refractivity contribution in [2.75, 3.05) is 59.6 Å². The first-order valence-corrected chi connectivity index (χ1v) is 42.5. The summed E-state index contributed by atoms with van der Waals surface area (Å²) in [6.07, 6.45) is 8.31. The summed E-state index contributed by atoms with van der Waals surface area (Å²) >= 11 is 9.16. The molecule has 10 N–H and O–H groups in total. The summed E-state index contributed by atoms with van der Waals surface area (Å²) in [5, 5.41) is 62.5. The fourth-order valence-electron chi connectivity index (χ4n) is 13.1. The molecule has 131 heavy (non-hydrogen) atoms. The molecular formula is C103H93BrClFN10O15. The molecule has 5 aromatic heterocycles. The van der Waals surface area contributed by atoms with Crippen molar-refractivity contribution in [3.63, 3.8) is 0 Å². The number of carboxylic acid groups (broad SMARTS) is 5. The van der Waals surface area contributed by atoms with Gasteiger partial charge in [0.1, 0.15) is 34.6 Å². The topological polar surface area (TPSA) is 357 Å². The number of pyridine rings is 5. The number of hydrogen-bond donors (Lipinski definition) is 10. The van der Waals surface area contributed by atoms with Crippen molar-refractivity contribution in [2.24, 2.45) is 0 Å². The van der Waals surface area contributed by atoms with Gasteiger partial charge in [-0.1, -0.05) is 112 Å². The molecule has 28 heteroatoms. The molecule has 0 aliphatic rings. The number of halogens is 3. The number of benzene rings is 10. The number of nitrogens with one attached hydrogen (secondary N) is 5. The number of anilines is 10. The molecular weight excluding hydrogens is 1750 g/mol. The van der Waals surface area contributed by atoms with Crippen LogP contribution in [-0.4, -0.2) is 113 Å². The number of rotatable bonds is 30. The molecule has 5 heterocycles. The lowest BCUT2D eigenvalue weighted by atomic mass is 10.1. The van der Waals surface area contributed by atoms with Crippen molar-refractivity contribution in [3.05, 3.63) is 358 Å². The van der Waals surface area contributed by atoms with Gasteiger partial charge in [-0.15, -0.1) is 0 Å². The van der Waals surface area contributed by atoms with E-state index >= 15 is 0 Å². The largest absolute Gasteiger partial charge is 0.494 e. The second kappa shape index (κ2) is 47.0. The first-order chi connectivity index (χ1) is 63.3. The number of ether oxygens (including phenoxy) is 5. The summed E-state index contributed by atoms with van der Waals surface area (Å²) in [5.74, 6) is -1.60. The quantitative estimate of drug-likeness (QED) is 0.0200. The molecule has 10 aromatic carbocycles. The molecule has 0 unspecified atom stereocenters. The Morgan fingerprint density at radius 2 is 0.649 bits per heavy atom. The number of aromatic carboxylic acids is 5. The molecule has 0 fully saturated rings. The van der Waals surface area contributed by atoms with Gasteiger partial charge in [0, 0.05) is 37.3 Å². The van der Waals surface area contributed by atoms with Crippen molar-refractivity contribution < 1.29 is 77.6 Å². The third-order valence-corrected chi connectivity index (χ3v) is 20.0. The van der Waals surface area contributed by atoms with Crippen LogP contribution in [-0.2, 0) is 0 Å². The van der Waals surface area contributed by atoms with Crippen molar-refractivity contribution in [1.82, 2.24) is 24.9 Å². The molecule has 15 aromatic rings. The van der Waals surface area contributed by atoms with E-state index in [9.17, 15) is 53.9 Å². The first-order valence-electron chi connectivity index (χ1n) is 41.3. The molecule has 0 aliphatic heterocycles. The minimum Gasteiger partial charge on any atom is -0.494 e. The van der Waals surface area contributed by atoms with E-state index in [-0.39, 0.29) is 27.8 Å². The number of para-hydroxylation sites is 2. The minimum atomic E-state index is -1.05. The Bertz CT molecular complexity index is 6360. The number of carboxylic acids is 5. The maximum atomic E-state index is 14.1. The summed E-state index contributed by atoms with van der Waals surface area (Å²) in [5.41, 5.74) is 17.7. The average Bonchev–Trinajstić information content (AvgIpc) is 0.829. The zero-order valence-corrected chi connectivity index (χ0v) is 74.9. The molecule has 0 spiro atoms. The fourth-order valence-corrected chi connectivity index (χ4v) is 13.6. The zero-order chi connectivity index (χ0) is 93.5. The van der Waals surface area contributed by atoms with E-state index in [2.05, 4.69) is 67.4 Å². The van der Waals surface area contributed by atoms with E-state index in [0.29, 0.717) is 105 Å². The van der Waals surface area contributed by atoms with Crippen LogP contribution in [0.1, 0.15) is 103 Å². The standard InChI is InChI=1S/C22H22N2O3.C21H20N2O3.C20H17BrN2O3.C20H17ClN2O3.C20H17FN2O3/c1-4-27-17-7-5-6-16(12-17)20-11-15(3)21(13-23-20)24-19-9-8-14(2)10-18(19)22(25)26;1-3-26-16-8-6-7-15(12-16)19-11-14(2)20(13-22-19)23-18-10-5-4-9-17(18)21(24)25;2*1-2-26-16-5-3-4-13(10-16)18-9-7-15(12-22-18)23-19-8-6-14(21)11-17(19)20(24)25;1-2-26-14-8-9-17(21)16(11-14)18-10-7-13(12-22-18)23-19-6-4-3-5-15(19)20(24)25/h5-13,24H,4H2,1-3H3,(H,25,26);4-13,23H,3H2,1-2H3,(H,24,25);3*3-12,23H,2H2,1H3,(H,24,25). The van der Waals surface area contributed by atoms with E-state index in [4.69, 9.17) is 35.3 Å². The van der Waals surface area contributed by atoms with Crippen LogP contribution in [0.2, 0.25) is 5.02 Å². The highest BCUT2D eigenvalue weighted by Crippen LogP contribution is 2.36. The van der Waals surface area contributed by atoms with Crippen LogP contribution in [0.4, 0.5) is 61.3 Å². The van der Waals surface area contributed by atoms with E-state index < -0.39 is 35.7 Å². The Kier molecular flexibility index (Phi) is 34.3. The number of aryl methyl sites for hydroxylation is 3. The highest BCUT2D eigenvalue weighted by molar-refractivity contribution is 9.10. The van der Waals surface area contributed by atoms with Gasteiger partial charge in [-0.25, -0.2) is 28.4 Å². The predicted molar refractivity (Wildman–Crippen MR) is 515 cm³/mol. The Labute approximate surface area is 769 Å². The molecule has 0 saturated carbocycles. The van der Waals surface area contributed by atoms with Gasteiger partial charge in [-0.3, -0.25) is 24.9 Å². The lowest BCUT2D eigenvalue weighted by molar-refractivity contribution is 0.0687. The average molecular weight is 1850 g/mol. The third-order valence-electron chi connectivity index (χ3n) is 19.3. The highest BCUT2D eigenvalue weighted by Gasteiger charge is 2.19. The van der Waals surface area contributed by atoms with Crippen LogP contribution >= 0.6 is 27.5 Å². The zero-order valence-electron chi connectivity index (χ0n) is 72.5. The van der Waals surface area contributed by atoms with Gasteiger partial charge >= 0.3 is 29.8 Å². The molecule has 0 bridgehead atoms. The predicted octanol–water partition coefficient (Wildman–Crippen LogP) is 25.4. The summed E-state index contributed by atoms with van der Waals surface area (Å²) < 4.78 is 42.3. The van der Waals surface area contributed by atoms with Gasteiger partial charge < -0.3 is 75.8 Å². The number of aromatic nitrogens is 5. The van der Waals surface area contributed by atoms with Gasteiger partial charge in [-0.2, -0.15) is 0 Å². The van der Waals surface area contributed by atoms with E-state index in [1.54, 1.807) is 134 Å². The summed E-state index contributed by atoms with van der Waals surface area (Å²) in [6.45, 7) is 18.4. The maximum Gasteiger partial charge on any atom is 0.337 e. The van der Waals surface area contributed by atoms with E-state index in [1.807, 2.05) is 195 Å². The molecule has 0 saturated heterocycles. The lowest BCUT2D eigenvalue weighted by Crippen LogP contribution is -2.04. The smallest absolute Gasteiger partial charge is 0.337 e.